The zero-order chi connectivity index (χ0) is 6.53. The molecule has 51 valence electrons. The number of hydrogen-bond acceptors (Lipinski definition) is 1. The lowest BCUT2D eigenvalue weighted by atomic mass is 10.3. The first-order valence-electron chi connectivity index (χ1n) is 3.41. The third-order valence-corrected chi connectivity index (χ3v) is 1.53. The van der Waals surface area contributed by atoms with Gasteiger partial charge in [0.1, 0.15) is 0 Å². The van der Waals surface area contributed by atoms with Crippen LogP contribution in [0, 0.1) is 0 Å². The molecule has 1 atom stereocenters. The molecule has 0 bridgehead atoms. The van der Waals surface area contributed by atoms with E-state index in [9.17, 15) is 0 Å². The van der Waals surface area contributed by atoms with Gasteiger partial charge in [0, 0.05) is 19.1 Å². The van der Waals surface area contributed by atoms with E-state index in [1.807, 2.05) is 6.08 Å². The minimum atomic E-state index is 0.558. The van der Waals surface area contributed by atoms with E-state index in [2.05, 4.69) is 17.2 Å². The van der Waals surface area contributed by atoms with Gasteiger partial charge < -0.3 is 5.32 Å². The third-order valence-electron chi connectivity index (χ3n) is 1.53. The molecule has 1 rings (SSSR count). The van der Waals surface area contributed by atoms with Crippen molar-refractivity contribution in [1.82, 2.24) is 10.6 Å². The molecule has 1 aliphatic rings. The molecule has 0 amide bonds. The average molecular weight is 125 g/mol. The lowest BCUT2D eigenvalue weighted by molar-refractivity contribution is 0.571. The molecule has 9 heavy (non-hydrogen) atoms. The molecule has 0 aromatic carbocycles. The fourth-order valence-electron chi connectivity index (χ4n) is 1.02. The van der Waals surface area contributed by atoms with Gasteiger partial charge in [-0.05, 0) is 13.0 Å². The summed E-state index contributed by atoms with van der Waals surface area (Å²) in [6.45, 7) is 6.61. The third kappa shape index (κ3) is 2.16. The molecule has 2 nitrogen and oxygen atoms in total. The van der Waals surface area contributed by atoms with Crippen molar-refractivity contribution in [2.75, 3.05) is 19.6 Å². The van der Waals surface area contributed by atoms with Crippen LogP contribution in [0.4, 0.5) is 0 Å². The lowest BCUT2D eigenvalue weighted by Gasteiger charge is -2.04. The molecular weight excluding hydrogens is 112 g/mol. The molecule has 0 aromatic rings. The fraction of sp³-hybridized carbons (Fsp3) is 0.714. The van der Waals surface area contributed by atoms with Crippen LogP contribution in [0.2, 0.25) is 0 Å². The second kappa shape index (κ2) is 3.64. The monoisotopic (exact) mass is 125 g/mol. The number of hydrogen-bond donors (Lipinski definition) is 1. The largest absolute Gasteiger partial charge is 0.315 e. The van der Waals surface area contributed by atoms with Gasteiger partial charge in [0.2, 0.25) is 0 Å². The van der Waals surface area contributed by atoms with E-state index in [0.717, 1.165) is 19.6 Å². The van der Waals surface area contributed by atoms with Crippen LogP contribution in [0.1, 0.15) is 6.42 Å². The van der Waals surface area contributed by atoms with Gasteiger partial charge in [0.05, 0.1) is 0 Å². The van der Waals surface area contributed by atoms with Crippen LogP contribution in [-0.4, -0.2) is 25.7 Å². The molecule has 1 aliphatic heterocycles. The Bertz CT molecular complexity index is 84.9. The molecule has 1 heterocycles. The van der Waals surface area contributed by atoms with E-state index < -0.39 is 0 Å². The van der Waals surface area contributed by atoms with Crippen molar-refractivity contribution in [2.24, 2.45) is 0 Å². The van der Waals surface area contributed by atoms with E-state index >= 15 is 0 Å². The number of nitrogens with one attached hydrogen (secondary N) is 1. The van der Waals surface area contributed by atoms with Gasteiger partial charge in [-0.3, -0.25) is 0 Å². The summed E-state index contributed by atoms with van der Waals surface area (Å²) in [7, 11) is 0. The summed E-state index contributed by atoms with van der Waals surface area (Å²) < 4.78 is 0. The van der Waals surface area contributed by atoms with Crippen molar-refractivity contribution in [2.45, 2.75) is 12.5 Å². The summed E-state index contributed by atoms with van der Waals surface area (Å²) >= 11 is 0. The molecule has 1 fully saturated rings. The highest BCUT2D eigenvalue weighted by atomic mass is 15.0. The second-order valence-corrected chi connectivity index (χ2v) is 2.30. The molecule has 0 spiro atoms. The van der Waals surface area contributed by atoms with Crippen LogP contribution >= 0.6 is 0 Å². The van der Waals surface area contributed by atoms with E-state index in [-0.39, 0.29) is 0 Å². The van der Waals surface area contributed by atoms with Crippen LogP contribution in [-0.2, 0) is 0 Å². The molecule has 0 aliphatic carbocycles. The summed E-state index contributed by atoms with van der Waals surface area (Å²) in [6.07, 6.45) is 3.05. The molecule has 1 radical (unpaired) electrons. The topological polar surface area (TPSA) is 26.1 Å². The molecular formula is C7H13N2. The maximum absolute atomic E-state index is 4.36. The zero-order valence-corrected chi connectivity index (χ0v) is 5.64. The highest BCUT2D eigenvalue weighted by molar-refractivity contribution is 4.80. The predicted molar refractivity (Wildman–Crippen MR) is 38.5 cm³/mol. The van der Waals surface area contributed by atoms with E-state index in [1.165, 1.54) is 6.42 Å². The SMILES string of the molecule is C=CC[N]C1CCNC1. The van der Waals surface area contributed by atoms with E-state index in [4.69, 9.17) is 0 Å². The van der Waals surface area contributed by atoms with E-state index in [0.29, 0.717) is 6.04 Å². The maximum atomic E-state index is 4.36. The highest BCUT2D eigenvalue weighted by Gasteiger charge is 2.12. The number of nitrogens with zero attached hydrogens (tertiary/aromatic N) is 1. The van der Waals surface area contributed by atoms with Crippen molar-refractivity contribution in [1.29, 1.82) is 0 Å². The predicted octanol–water partition coefficient (Wildman–Crippen LogP) is 0.139. The Morgan fingerprint density at radius 1 is 1.78 bits per heavy atom. The smallest absolute Gasteiger partial charge is 0.0386 e. The lowest BCUT2D eigenvalue weighted by Crippen LogP contribution is -2.24. The quantitative estimate of drug-likeness (QED) is 0.533. The zero-order valence-electron chi connectivity index (χ0n) is 5.64. The average Bonchev–Trinajstić information content (AvgIpc) is 2.34. The van der Waals surface area contributed by atoms with Crippen molar-refractivity contribution in [3.63, 3.8) is 0 Å². The summed E-state index contributed by atoms with van der Waals surface area (Å²) in [5.41, 5.74) is 0. The Morgan fingerprint density at radius 3 is 3.22 bits per heavy atom. The molecule has 2 heteroatoms. The van der Waals surface area contributed by atoms with Crippen LogP contribution < -0.4 is 10.6 Å². The summed E-state index contributed by atoms with van der Waals surface area (Å²) in [5.74, 6) is 0. The van der Waals surface area contributed by atoms with Gasteiger partial charge in [-0.25, -0.2) is 5.32 Å². The van der Waals surface area contributed by atoms with Crippen molar-refractivity contribution < 1.29 is 0 Å². The number of rotatable bonds is 3. The highest BCUT2D eigenvalue weighted by Crippen LogP contribution is 1.97. The summed E-state index contributed by atoms with van der Waals surface area (Å²) in [4.78, 5) is 0. The Kier molecular flexibility index (Phi) is 2.74. The van der Waals surface area contributed by atoms with Gasteiger partial charge in [-0.1, -0.05) is 6.08 Å². The van der Waals surface area contributed by atoms with Crippen molar-refractivity contribution in [3.8, 4) is 0 Å². The Hall–Kier alpha value is -0.340. The molecule has 0 aromatic heterocycles. The minimum absolute atomic E-state index is 0.558. The van der Waals surface area contributed by atoms with E-state index in [1.54, 1.807) is 0 Å². The minimum Gasteiger partial charge on any atom is -0.315 e. The van der Waals surface area contributed by atoms with Crippen LogP contribution in [0.3, 0.4) is 0 Å². The van der Waals surface area contributed by atoms with Gasteiger partial charge in [0.25, 0.3) is 0 Å². The normalized spacial score (nSPS) is 26.4. The van der Waals surface area contributed by atoms with Crippen molar-refractivity contribution in [3.05, 3.63) is 12.7 Å². The fourth-order valence-corrected chi connectivity index (χ4v) is 1.02. The molecule has 0 saturated carbocycles. The molecule has 1 unspecified atom stereocenters. The molecule has 1 saturated heterocycles. The second-order valence-electron chi connectivity index (χ2n) is 2.30. The van der Waals surface area contributed by atoms with Crippen LogP contribution in [0.15, 0.2) is 12.7 Å². The first-order valence-corrected chi connectivity index (χ1v) is 3.41. The van der Waals surface area contributed by atoms with Crippen molar-refractivity contribution >= 4 is 0 Å². The molecule has 1 N–H and O–H groups in total. The summed E-state index contributed by atoms with van der Waals surface area (Å²) in [6, 6.07) is 0.558. The summed E-state index contributed by atoms with van der Waals surface area (Å²) in [5, 5.41) is 7.61. The van der Waals surface area contributed by atoms with Gasteiger partial charge in [0.15, 0.2) is 0 Å². The first-order chi connectivity index (χ1) is 4.43. The van der Waals surface area contributed by atoms with Crippen LogP contribution in [0.25, 0.3) is 0 Å². The van der Waals surface area contributed by atoms with Gasteiger partial charge in [-0.15, -0.1) is 6.58 Å². The Labute approximate surface area is 56.3 Å². The Balaban J connectivity index is 2.04. The van der Waals surface area contributed by atoms with Crippen LogP contribution in [0.5, 0.6) is 0 Å². The first kappa shape index (κ1) is 6.78. The maximum Gasteiger partial charge on any atom is 0.0386 e. The standard InChI is InChI=1S/C7H13N2/c1-2-4-9-7-3-5-8-6-7/h2,7-8H,1,3-6H2. The Morgan fingerprint density at radius 2 is 2.67 bits per heavy atom. The van der Waals surface area contributed by atoms with Gasteiger partial charge >= 0.3 is 0 Å². The van der Waals surface area contributed by atoms with Gasteiger partial charge in [-0.2, -0.15) is 0 Å².